The van der Waals surface area contributed by atoms with Crippen molar-refractivity contribution in [2.45, 2.75) is 19.5 Å². The molecule has 10 nitrogen and oxygen atoms in total. The first kappa shape index (κ1) is 19.6. The zero-order valence-electron chi connectivity index (χ0n) is 17.6. The molecular weight excluding hydrogens is 424 g/mol. The van der Waals surface area contributed by atoms with Crippen molar-refractivity contribution in [2.24, 2.45) is 0 Å². The summed E-state index contributed by atoms with van der Waals surface area (Å²) in [7, 11) is 0. The summed E-state index contributed by atoms with van der Waals surface area (Å²) in [4.78, 5) is 21.4. The molecule has 0 saturated carbocycles. The minimum atomic E-state index is -0.334. The Bertz CT molecular complexity index is 1390. The van der Waals surface area contributed by atoms with Crippen LogP contribution in [0.5, 0.6) is 11.6 Å². The fourth-order valence-electron chi connectivity index (χ4n) is 4.03. The van der Waals surface area contributed by atoms with Crippen LogP contribution in [0.3, 0.4) is 0 Å². The number of carbonyl (C=O) groups is 1. The van der Waals surface area contributed by atoms with Crippen LogP contribution >= 0.6 is 0 Å². The Balaban J connectivity index is 1.20. The molecule has 0 saturated heterocycles. The second kappa shape index (κ2) is 8.15. The topological polar surface area (TPSA) is 116 Å². The molecule has 10 heteroatoms. The summed E-state index contributed by atoms with van der Waals surface area (Å²) in [5, 5.41) is 10.9. The standard InChI is InChI=1S/C23H20N6O4/c30-23(27-21-10-20(33-28-21)14-4-7-31-8-5-14)29-6-3-15-9-16(1-2-19(15)29)32-22-17-11-24-12-18(17)25-13-26-22/h1-4,6,9-10,13,24H,5,7-8,11-12H2,(H,27,28,30). The van der Waals surface area contributed by atoms with Crippen molar-refractivity contribution in [3.63, 3.8) is 0 Å². The molecule has 0 fully saturated rings. The number of fused-ring (bicyclic) bond motifs is 2. The van der Waals surface area contributed by atoms with E-state index < -0.39 is 0 Å². The van der Waals surface area contributed by atoms with Gasteiger partial charge in [-0.2, -0.15) is 0 Å². The molecule has 2 N–H and O–H groups in total. The highest BCUT2D eigenvalue weighted by molar-refractivity contribution is 5.98. The highest BCUT2D eigenvalue weighted by Crippen LogP contribution is 2.30. The molecule has 0 unspecified atom stereocenters. The second-order valence-electron chi connectivity index (χ2n) is 7.78. The Labute approximate surface area is 188 Å². The lowest BCUT2D eigenvalue weighted by atomic mass is 10.1. The third-order valence-corrected chi connectivity index (χ3v) is 5.71. The number of rotatable bonds is 4. The zero-order valence-corrected chi connectivity index (χ0v) is 17.6. The Morgan fingerprint density at radius 1 is 1.18 bits per heavy atom. The molecule has 0 atom stereocenters. The van der Waals surface area contributed by atoms with Crippen molar-refractivity contribution in [3.8, 4) is 11.6 Å². The minimum absolute atomic E-state index is 0.334. The summed E-state index contributed by atoms with van der Waals surface area (Å²) >= 11 is 0. The van der Waals surface area contributed by atoms with Crippen LogP contribution in [-0.4, -0.2) is 38.9 Å². The number of nitrogens with one attached hydrogen (secondary N) is 2. The van der Waals surface area contributed by atoms with Crippen molar-refractivity contribution in [3.05, 3.63) is 65.9 Å². The van der Waals surface area contributed by atoms with Gasteiger partial charge in [-0.25, -0.2) is 14.8 Å². The number of carbonyl (C=O) groups excluding carboxylic acids is 1. The number of amides is 1. The summed E-state index contributed by atoms with van der Waals surface area (Å²) in [5.74, 6) is 2.18. The number of aromatic nitrogens is 4. The third kappa shape index (κ3) is 3.75. The number of hydrogen-bond donors (Lipinski definition) is 2. The lowest BCUT2D eigenvalue weighted by Crippen LogP contribution is -2.18. The van der Waals surface area contributed by atoms with Crippen LogP contribution in [0.1, 0.15) is 23.4 Å². The van der Waals surface area contributed by atoms with E-state index in [9.17, 15) is 4.79 Å². The lowest BCUT2D eigenvalue weighted by molar-refractivity contribution is 0.160. The maximum absolute atomic E-state index is 12.9. The van der Waals surface area contributed by atoms with Crippen molar-refractivity contribution >= 4 is 28.3 Å². The molecule has 1 aromatic carbocycles. The summed E-state index contributed by atoms with van der Waals surface area (Å²) in [6, 6.07) is 8.78. The molecule has 3 aromatic heterocycles. The fraction of sp³-hybridized carbons (Fsp3) is 0.217. The summed E-state index contributed by atoms with van der Waals surface area (Å²) in [5.41, 5.74) is 3.69. The van der Waals surface area contributed by atoms with Gasteiger partial charge < -0.3 is 19.3 Å². The molecule has 4 aromatic rings. The van der Waals surface area contributed by atoms with Crippen LogP contribution in [0.15, 0.2) is 53.5 Å². The smallest absolute Gasteiger partial charge is 0.331 e. The van der Waals surface area contributed by atoms with Gasteiger partial charge in [0.15, 0.2) is 11.6 Å². The van der Waals surface area contributed by atoms with Gasteiger partial charge in [-0.15, -0.1) is 0 Å². The Morgan fingerprint density at radius 3 is 3.06 bits per heavy atom. The molecular formula is C23H20N6O4. The number of nitrogens with zero attached hydrogens (tertiary/aromatic N) is 4. The molecule has 2 aliphatic rings. The highest BCUT2D eigenvalue weighted by Gasteiger charge is 2.19. The van der Waals surface area contributed by atoms with Crippen molar-refractivity contribution in [2.75, 3.05) is 18.5 Å². The van der Waals surface area contributed by atoms with Gasteiger partial charge in [-0.3, -0.25) is 9.88 Å². The van der Waals surface area contributed by atoms with Crippen LogP contribution in [0.4, 0.5) is 10.6 Å². The number of benzene rings is 1. The van der Waals surface area contributed by atoms with Gasteiger partial charge >= 0.3 is 6.03 Å². The van der Waals surface area contributed by atoms with E-state index in [0.717, 1.165) is 34.2 Å². The SMILES string of the molecule is O=C(Nc1cc(C2=CCOCC2)on1)n1ccc2cc(Oc3ncnc4c3CNC4)ccc21. The van der Waals surface area contributed by atoms with Crippen LogP contribution in [0.25, 0.3) is 16.5 Å². The first-order valence-electron chi connectivity index (χ1n) is 10.6. The van der Waals surface area contributed by atoms with Gasteiger partial charge in [0.2, 0.25) is 5.88 Å². The quantitative estimate of drug-likeness (QED) is 0.489. The van der Waals surface area contributed by atoms with Gasteiger partial charge in [0, 0.05) is 30.7 Å². The molecule has 0 spiro atoms. The number of anilines is 1. The van der Waals surface area contributed by atoms with Gasteiger partial charge in [-0.1, -0.05) is 11.2 Å². The van der Waals surface area contributed by atoms with E-state index in [2.05, 4.69) is 25.8 Å². The molecule has 166 valence electrons. The Kier molecular flexibility index (Phi) is 4.85. The average Bonchev–Trinajstić information content (AvgIpc) is 3.59. The van der Waals surface area contributed by atoms with E-state index in [1.165, 1.54) is 10.9 Å². The van der Waals surface area contributed by atoms with Gasteiger partial charge in [0.1, 0.15) is 12.1 Å². The van der Waals surface area contributed by atoms with Gasteiger partial charge in [-0.05, 0) is 36.3 Å². The van der Waals surface area contributed by atoms with Crippen molar-refractivity contribution < 1.29 is 18.8 Å². The van der Waals surface area contributed by atoms with Crippen molar-refractivity contribution in [1.29, 1.82) is 0 Å². The molecule has 6 rings (SSSR count). The number of hydrogen-bond acceptors (Lipinski definition) is 8. The van der Waals surface area contributed by atoms with Crippen LogP contribution in [-0.2, 0) is 17.8 Å². The average molecular weight is 444 g/mol. The zero-order chi connectivity index (χ0) is 22.2. The Morgan fingerprint density at radius 2 is 2.15 bits per heavy atom. The summed E-state index contributed by atoms with van der Waals surface area (Å²) < 4.78 is 18.2. The molecule has 0 aliphatic carbocycles. The maximum atomic E-state index is 12.9. The minimum Gasteiger partial charge on any atom is -0.439 e. The van der Waals surface area contributed by atoms with Gasteiger partial charge in [0.25, 0.3) is 0 Å². The monoisotopic (exact) mass is 444 g/mol. The normalized spacial score (nSPS) is 15.3. The van der Waals surface area contributed by atoms with Crippen LogP contribution < -0.4 is 15.4 Å². The van der Waals surface area contributed by atoms with E-state index >= 15 is 0 Å². The van der Waals surface area contributed by atoms with E-state index in [0.29, 0.717) is 49.5 Å². The summed E-state index contributed by atoms with van der Waals surface area (Å²) in [6.45, 7) is 2.59. The van der Waals surface area contributed by atoms with E-state index in [1.54, 1.807) is 12.3 Å². The fourth-order valence-corrected chi connectivity index (χ4v) is 4.03. The van der Waals surface area contributed by atoms with E-state index in [-0.39, 0.29) is 6.03 Å². The van der Waals surface area contributed by atoms with Crippen LogP contribution in [0, 0.1) is 0 Å². The molecule has 5 heterocycles. The maximum Gasteiger partial charge on any atom is 0.331 e. The summed E-state index contributed by atoms with van der Waals surface area (Å²) in [6.07, 6.45) is 5.93. The number of ether oxygens (including phenoxy) is 2. The molecule has 0 bridgehead atoms. The first-order chi connectivity index (χ1) is 16.2. The lowest BCUT2D eigenvalue weighted by Gasteiger charge is -2.09. The predicted octanol–water partition coefficient (Wildman–Crippen LogP) is 3.70. The predicted molar refractivity (Wildman–Crippen MR) is 119 cm³/mol. The second-order valence-corrected chi connectivity index (χ2v) is 7.78. The highest BCUT2D eigenvalue weighted by atomic mass is 16.5. The van der Waals surface area contributed by atoms with Gasteiger partial charge in [0.05, 0.1) is 30.0 Å². The molecule has 1 amide bonds. The Hall–Kier alpha value is -4.02. The third-order valence-electron chi connectivity index (χ3n) is 5.71. The van der Waals surface area contributed by atoms with Crippen molar-refractivity contribution in [1.82, 2.24) is 25.0 Å². The molecule has 2 aliphatic heterocycles. The largest absolute Gasteiger partial charge is 0.439 e. The van der Waals surface area contributed by atoms with Crippen LogP contribution in [0.2, 0.25) is 0 Å². The van der Waals surface area contributed by atoms with E-state index in [1.807, 2.05) is 30.3 Å². The van der Waals surface area contributed by atoms with E-state index in [4.69, 9.17) is 14.0 Å². The first-order valence-corrected chi connectivity index (χ1v) is 10.6. The molecule has 33 heavy (non-hydrogen) atoms. The molecule has 0 radical (unpaired) electrons.